The Morgan fingerprint density at radius 1 is 1.25 bits per heavy atom. The van der Waals surface area contributed by atoms with E-state index in [1.165, 1.54) is 0 Å². The summed E-state index contributed by atoms with van der Waals surface area (Å²) < 4.78 is 0. The average Bonchev–Trinajstić information content (AvgIpc) is 2.41. The molecule has 3 rings (SSSR count). The topological polar surface area (TPSA) is 84.1 Å². The molecule has 0 atom stereocenters. The third-order valence-electron chi connectivity index (χ3n) is 3.69. The molecule has 0 bridgehead atoms. The lowest BCUT2D eigenvalue weighted by Crippen LogP contribution is -2.62. The highest BCUT2D eigenvalue weighted by Crippen LogP contribution is 2.29. The molecule has 104 valence electrons. The summed E-state index contributed by atoms with van der Waals surface area (Å²) >= 11 is 0. The van der Waals surface area contributed by atoms with Crippen molar-refractivity contribution in [1.82, 2.24) is 15.3 Å². The molecule has 1 aliphatic heterocycles. The number of nitrogen functional groups attached to an aromatic ring is 1. The fraction of sp³-hybridized carbons (Fsp3) is 0.357. The minimum Gasteiger partial charge on any atom is -0.381 e. The number of fused-ring (bicyclic) bond motifs is 1. The molecule has 6 nitrogen and oxygen atoms in total. The van der Waals surface area contributed by atoms with Crippen molar-refractivity contribution in [2.45, 2.75) is 19.4 Å². The smallest absolute Gasteiger partial charge is 0.245 e. The number of piperazine rings is 1. The van der Waals surface area contributed by atoms with Gasteiger partial charge in [-0.15, -0.1) is 0 Å². The quantitative estimate of drug-likeness (QED) is 0.806. The summed E-state index contributed by atoms with van der Waals surface area (Å²) in [7, 11) is 0. The third-order valence-corrected chi connectivity index (χ3v) is 3.69. The number of nitrogens with zero attached hydrogens (tertiary/aromatic N) is 3. The molecule has 1 saturated heterocycles. The van der Waals surface area contributed by atoms with Crippen molar-refractivity contribution in [3.8, 4) is 0 Å². The Morgan fingerprint density at radius 2 is 1.90 bits per heavy atom. The Labute approximate surface area is 117 Å². The molecule has 1 amide bonds. The van der Waals surface area contributed by atoms with Crippen LogP contribution < -0.4 is 16.0 Å². The highest BCUT2D eigenvalue weighted by Gasteiger charge is 2.39. The maximum Gasteiger partial charge on any atom is 0.245 e. The van der Waals surface area contributed by atoms with Gasteiger partial charge in [-0.05, 0) is 26.0 Å². The number of para-hydroxylation sites is 2. The van der Waals surface area contributed by atoms with Gasteiger partial charge in [0.2, 0.25) is 5.91 Å². The number of carbonyl (C=O) groups excluding carboxylic acids is 1. The van der Waals surface area contributed by atoms with Gasteiger partial charge in [-0.1, -0.05) is 12.1 Å². The van der Waals surface area contributed by atoms with Crippen molar-refractivity contribution in [2.24, 2.45) is 0 Å². The summed E-state index contributed by atoms with van der Waals surface area (Å²) in [5.41, 5.74) is 6.88. The minimum atomic E-state index is -0.691. The molecule has 1 fully saturated rings. The van der Waals surface area contributed by atoms with E-state index < -0.39 is 5.54 Å². The van der Waals surface area contributed by atoms with Crippen molar-refractivity contribution in [3.63, 3.8) is 0 Å². The molecule has 20 heavy (non-hydrogen) atoms. The molecular weight excluding hydrogens is 254 g/mol. The van der Waals surface area contributed by atoms with Crippen molar-refractivity contribution in [3.05, 3.63) is 24.3 Å². The number of aromatic nitrogens is 2. The number of nitrogens with one attached hydrogen (secondary N) is 1. The molecule has 1 aliphatic rings. The molecule has 0 spiro atoms. The second-order valence-electron chi connectivity index (χ2n) is 5.39. The second-order valence-corrected chi connectivity index (χ2v) is 5.39. The van der Waals surface area contributed by atoms with E-state index in [0.29, 0.717) is 24.7 Å². The number of anilines is 2. The van der Waals surface area contributed by atoms with Crippen LogP contribution in [0.1, 0.15) is 13.8 Å². The summed E-state index contributed by atoms with van der Waals surface area (Å²) in [6.07, 6.45) is 0. The fourth-order valence-corrected chi connectivity index (χ4v) is 2.47. The van der Waals surface area contributed by atoms with Gasteiger partial charge in [-0.3, -0.25) is 4.79 Å². The lowest BCUT2D eigenvalue weighted by Gasteiger charge is -2.42. The van der Waals surface area contributed by atoms with Crippen LogP contribution in [0.4, 0.5) is 11.6 Å². The monoisotopic (exact) mass is 271 g/mol. The first kappa shape index (κ1) is 12.7. The van der Waals surface area contributed by atoms with E-state index in [0.717, 1.165) is 11.0 Å². The van der Waals surface area contributed by atoms with Crippen molar-refractivity contribution < 1.29 is 4.79 Å². The summed E-state index contributed by atoms with van der Waals surface area (Å²) in [6.45, 7) is 4.96. The van der Waals surface area contributed by atoms with Gasteiger partial charge in [-0.25, -0.2) is 9.97 Å². The molecule has 0 saturated carbocycles. The Balaban J connectivity index is 2.13. The molecule has 6 heteroatoms. The van der Waals surface area contributed by atoms with Crippen LogP contribution in [0.15, 0.2) is 24.3 Å². The molecule has 3 N–H and O–H groups in total. The van der Waals surface area contributed by atoms with Crippen LogP contribution in [0.2, 0.25) is 0 Å². The van der Waals surface area contributed by atoms with Crippen molar-refractivity contribution >= 4 is 28.6 Å². The van der Waals surface area contributed by atoms with Crippen molar-refractivity contribution in [1.29, 1.82) is 0 Å². The molecular formula is C14H17N5O. The lowest BCUT2D eigenvalue weighted by atomic mass is 9.99. The van der Waals surface area contributed by atoms with Crippen LogP contribution in [0.5, 0.6) is 0 Å². The van der Waals surface area contributed by atoms with E-state index >= 15 is 0 Å². The zero-order valence-electron chi connectivity index (χ0n) is 11.6. The van der Waals surface area contributed by atoms with E-state index in [2.05, 4.69) is 15.3 Å². The third kappa shape index (κ3) is 1.84. The normalized spacial score (nSPS) is 18.1. The number of rotatable bonds is 1. The van der Waals surface area contributed by atoms with E-state index in [4.69, 9.17) is 5.73 Å². The average molecular weight is 271 g/mol. The highest BCUT2D eigenvalue weighted by molar-refractivity contribution is 5.91. The van der Waals surface area contributed by atoms with Crippen LogP contribution >= 0.6 is 0 Å². The minimum absolute atomic E-state index is 0.0295. The number of nitrogens with two attached hydrogens (primary N) is 1. The number of amides is 1. The van der Waals surface area contributed by atoms with Gasteiger partial charge in [0.1, 0.15) is 5.54 Å². The number of hydrogen-bond acceptors (Lipinski definition) is 5. The molecule has 2 heterocycles. The van der Waals surface area contributed by atoms with Crippen LogP contribution in [-0.2, 0) is 4.79 Å². The second kappa shape index (κ2) is 4.33. The fourth-order valence-electron chi connectivity index (χ4n) is 2.47. The van der Waals surface area contributed by atoms with Crippen LogP contribution in [0.3, 0.4) is 0 Å². The van der Waals surface area contributed by atoms with Gasteiger partial charge in [0.25, 0.3) is 0 Å². The van der Waals surface area contributed by atoms with E-state index in [-0.39, 0.29) is 5.91 Å². The van der Waals surface area contributed by atoms with E-state index in [1.807, 2.05) is 43.0 Å². The van der Waals surface area contributed by atoms with Gasteiger partial charge in [0.15, 0.2) is 11.6 Å². The molecule has 0 aliphatic carbocycles. The van der Waals surface area contributed by atoms with E-state index in [1.54, 1.807) is 0 Å². The van der Waals surface area contributed by atoms with Gasteiger partial charge < -0.3 is 16.0 Å². The maximum absolute atomic E-state index is 12.0. The first-order chi connectivity index (χ1) is 9.50. The van der Waals surface area contributed by atoms with Gasteiger partial charge >= 0.3 is 0 Å². The van der Waals surface area contributed by atoms with E-state index in [9.17, 15) is 4.79 Å². The Bertz CT molecular complexity index is 682. The summed E-state index contributed by atoms with van der Waals surface area (Å²) in [6, 6.07) is 7.57. The van der Waals surface area contributed by atoms with Gasteiger partial charge in [0, 0.05) is 13.1 Å². The molecule has 2 aromatic rings. The predicted molar refractivity (Wildman–Crippen MR) is 78.4 cm³/mol. The Kier molecular flexibility index (Phi) is 2.74. The first-order valence-electron chi connectivity index (χ1n) is 6.58. The maximum atomic E-state index is 12.0. The zero-order chi connectivity index (χ0) is 14.3. The van der Waals surface area contributed by atoms with Crippen LogP contribution in [0, 0.1) is 0 Å². The predicted octanol–water partition coefficient (Wildman–Crippen LogP) is 0.927. The molecule has 0 radical (unpaired) electrons. The number of benzene rings is 1. The Hall–Kier alpha value is -2.37. The van der Waals surface area contributed by atoms with Crippen LogP contribution in [0.25, 0.3) is 11.0 Å². The summed E-state index contributed by atoms with van der Waals surface area (Å²) in [4.78, 5) is 22.9. The SMILES string of the molecule is CC1(C)C(=O)NCCN1c1nc2ccccc2nc1N. The zero-order valence-corrected chi connectivity index (χ0v) is 11.6. The molecule has 1 aromatic carbocycles. The molecule has 0 unspecified atom stereocenters. The van der Waals surface area contributed by atoms with Gasteiger partial charge in [-0.2, -0.15) is 0 Å². The van der Waals surface area contributed by atoms with Crippen LogP contribution in [-0.4, -0.2) is 34.5 Å². The van der Waals surface area contributed by atoms with Crippen molar-refractivity contribution in [2.75, 3.05) is 23.7 Å². The Morgan fingerprint density at radius 3 is 2.60 bits per heavy atom. The summed E-state index contributed by atoms with van der Waals surface area (Å²) in [5.74, 6) is 0.896. The largest absolute Gasteiger partial charge is 0.381 e. The highest BCUT2D eigenvalue weighted by atomic mass is 16.2. The lowest BCUT2D eigenvalue weighted by molar-refractivity contribution is -0.126. The summed E-state index contributed by atoms with van der Waals surface area (Å²) in [5, 5.41) is 2.86. The first-order valence-corrected chi connectivity index (χ1v) is 6.58. The van der Waals surface area contributed by atoms with Gasteiger partial charge in [0.05, 0.1) is 11.0 Å². The molecule has 1 aromatic heterocycles. The standard InChI is InChI=1S/C14H17N5O/c1-14(2)13(20)16-7-8-19(14)12-11(15)17-9-5-3-4-6-10(9)18-12/h3-6H,7-8H2,1-2H3,(H2,15,17)(H,16,20). The number of carbonyl (C=O) groups is 1. The number of hydrogen-bond donors (Lipinski definition) is 2.